The van der Waals surface area contributed by atoms with Gasteiger partial charge in [0.25, 0.3) is 5.56 Å². The summed E-state index contributed by atoms with van der Waals surface area (Å²) in [6, 6.07) is 1.92. The molecule has 3 heterocycles. The number of hydrogen-bond acceptors (Lipinski definition) is 4. The van der Waals surface area contributed by atoms with Crippen molar-refractivity contribution in [2.45, 2.75) is 6.54 Å². The minimum Gasteiger partial charge on any atom is -0.351 e. The van der Waals surface area contributed by atoms with Crippen molar-refractivity contribution in [1.29, 1.82) is 0 Å². The molecule has 18 heavy (non-hydrogen) atoms. The normalized spacial score (nSPS) is 15.7. The van der Waals surface area contributed by atoms with E-state index in [1.165, 1.54) is 0 Å². The largest absolute Gasteiger partial charge is 0.351 e. The summed E-state index contributed by atoms with van der Waals surface area (Å²) >= 11 is 0. The van der Waals surface area contributed by atoms with Crippen LogP contribution in [0.4, 0.5) is 5.82 Å². The maximum Gasteiger partial charge on any atom is 0.293 e. The average molecular weight is 245 g/mol. The summed E-state index contributed by atoms with van der Waals surface area (Å²) < 4.78 is 3.49. The highest BCUT2D eigenvalue weighted by Crippen LogP contribution is 2.20. The molecule has 6 nitrogen and oxygen atoms in total. The Morgan fingerprint density at radius 3 is 2.89 bits per heavy atom. The van der Waals surface area contributed by atoms with Crippen LogP contribution in [0.25, 0.3) is 0 Å². The highest BCUT2D eigenvalue weighted by atomic mass is 16.1. The standard InChI is InChI=1S/C12H15N5O/c1-15-6-4-13-11(12(15)18)16-7-10(8-16)9-17-5-2-3-14-17/h2-6,10H,7-9H2,1H3. The minimum atomic E-state index is -0.0324. The number of aromatic nitrogens is 4. The molecule has 0 aromatic carbocycles. The van der Waals surface area contributed by atoms with E-state index in [9.17, 15) is 4.79 Å². The molecule has 0 atom stereocenters. The smallest absolute Gasteiger partial charge is 0.293 e. The molecule has 1 saturated heterocycles. The fourth-order valence-corrected chi connectivity index (χ4v) is 2.23. The van der Waals surface area contributed by atoms with Crippen LogP contribution in [0.1, 0.15) is 0 Å². The molecule has 0 radical (unpaired) electrons. The van der Waals surface area contributed by atoms with Crippen LogP contribution < -0.4 is 10.5 Å². The van der Waals surface area contributed by atoms with Gasteiger partial charge in [-0.05, 0) is 6.07 Å². The van der Waals surface area contributed by atoms with E-state index < -0.39 is 0 Å². The SMILES string of the molecule is Cn1ccnc(N2CC(Cn3cccn3)C2)c1=O. The van der Waals surface area contributed by atoms with Gasteiger partial charge in [-0.3, -0.25) is 9.48 Å². The molecular weight excluding hydrogens is 230 g/mol. The average Bonchev–Trinajstić information content (AvgIpc) is 2.80. The number of rotatable bonds is 3. The third-order valence-electron chi connectivity index (χ3n) is 3.26. The molecule has 0 bridgehead atoms. The Bertz CT molecular complexity index is 583. The molecule has 0 amide bonds. The lowest BCUT2D eigenvalue weighted by molar-refractivity contribution is 0.339. The number of hydrogen-bond donors (Lipinski definition) is 0. The maximum atomic E-state index is 11.9. The Balaban J connectivity index is 1.65. The van der Waals surface area contributed by atoms with Gasteiger partial charge in [0.1, 0.15) is 0 Å². The number of nitrogens with zero attached hydrogens (tertiary/aromatic N) is 5. The van der Waals surface area contributed by atoms with E-state index in [0.29, 0.717) is 11.7 Å². The third-order valence-corrected chi connectivity index (χ3v) is 3.26. The second-order valence-electron chi connectivity index (χ2n) is 4.67. The van der Waals surface area contributed by atoms with Gasteiger partial charge in [0.05, 0.1) is 0 Å². The summed E-state index contributed by atoms with van der Waals surface area (Å²) in [5.41, 5.74) is -0.0324. The summed E-state index contributed by atoms with van der Waals surface area (Å²) in [7, 11) is 1.74. The van der Waals surface area contributed by atoms with Gasteiger partial charge in [-0.25, -0.2) is 4.98 Å². The molecule has 94 valence electrons. The van der Waals surface area contributed by atoms with Crippen molar-refractivity contribution in [3.8, 4) is 0 Å². The predicted molar refractivity (Wildman–Crippen MR) is 67.4 cm³/mol. The van der Waals surface area contributed by atoms with Crippen molar-refractivity contribution in [3.05, 3.63) is 41.2 Å². The van der Waals surface area contributed by atoms with Crippen LogP contribution in [0.3, 0.4) is 0 Å². The fourth-order valence-electron chi connectivity index (χ4n) is 2.23. The zero-order chi connectivity index (χ0) is 12.5. The van der Waals surface area contributed by atoms with Crippen LogP contribution in [0.5, 0.6) is 0 Å². The number of aryl methyl sites for hydroxylation is 1. The topological polar surface area (TPSA) is 56.0 Å². The van der Waals surface area contributed by atoms with Gasteiger partial charge in [0.15, 0.2) is 5.82 Å². The zero-order valence-corrected chi connectivity index (χ0v) is 10.2. The van der Waals surface area contributed by atoms with Crippen LogP contribution in [-0.4, -0.2) is 32.4 Å². The van der Waals surface area contributed by atoms with E-state index in [0.717, 1.165) is 19.6 Å². The van der Waals surface area contributed by atoms with Crippen molar-refractivity contribution in [3.63, 3.8) is 0 Å². The first-order valence-corrected chi connectivity index (χ1v) is 5.98. The van der Waals surface area contributed by atoms with E-state index in [1.54, 1.807) is 30.2 Å². The van der Waals surface area contributed by atoms with Crippen molar-refractivity contribution in [2.75, 3.05) is 18.0 Å². The van der Waals surface area contributed by atoms with Crippen molar-refractivity contribution in [2.24, 2.45) is 13.0 Å². The van der Waals surface area contributed by atoms with Crippen LogP contribution in [0.15, 0.2) is 35.6 Å². The predicted octanol–water partition coefficient (Wildman–Crippen LogP) is 0.113. The first kappa shape index (κ1) is 11.0. The molecule has 0 unspecified atom stereocenters. The molecule has 1 fully saturated rings. The summed E-state index contributed by atoms with van der Waals surface area (Å²) in [5, 5.41) is 4.18. The van der Waals surface area contributed by atoms with Crippen molar-refractivity contribution >= 4 is 5.82 Å². The molecule has 1 aliphatic rings. The number of anilines is 1. The van der Waals surface area contributed by atoms with E-state index >= 15 is 0 Å². The second-order valence-corrected chi connectivity index (χ2v) is 4.67. The summed E-state index contributed by atoms with van der Waals surface area (Å²) in [6.07, 6.45) is 7.08. The Kier molecular flexibility index (Phi) is 2.62. The molecule has 0 aliphatic carbocycles. The van der Waals surface area contributed by atoms with Crippen LogP contribution in [-0.2, 0) is 13.6 Å². The minimum absolute atomic E-state index is 0.0324. The Morgan fingerprint density at radius 1 is 1.33 bits per heavy atom. The van der Waals surface area contributed by atoms with Gasteiger partial charge in [-0.15, -0.1) is 0 Å². The highest BCUT2D eigenvalue weighted by molar-refractivity contribution is 5.39. The lowest BCUT2D eigenvalue weighted by atomic mass is 10.0. The summed E-state index contributed by atoms with van der Waals surface area (Å²) in [6.45, 7) is 2.63. The fraction of sp³-hybridized carbons (Fsp3) is 0.417. The van der Waals surface area contributed by atoms with E-state index in [4.69, 9.17) is 0 Å². The van der Waals surface area contributed by atoms with Gasteiger partial charge < -0.3 is 9.47 Å². The first-order chi connectivity index (χ1) is 8.74. The monoisotopic (exact) mass is 245 g/mol. The van der Waals surface area contributed by atoms with Gasteiger partial charge in [0, 0.05) is 57.4 Å². The van der Waals surface area contributed by atoms with Crippen LogP contribution in [0, 0.1) is 5.92 Å². The van der Waals surface area contributed by atoms with Crippen LogP contribution in [0.2, 0.25) is 0 Å². The van der Waals surface area contributed by atoms with Crippen molar-refractivity contribution in [1.82, 2.24) is 19.3 Å². The molecule has 3 rings (SSSR count). The lowest BCUT2D eigenvalue weighted by Gasteiger charge is -2.39. The third kappa shape index (κ3) is 1.90. The van der Waals surface area contributed by atoms with Gasteiger partial charge in [-0.1, -0.05) is 0 Å². The van der Waals surface area contributed by atoms with Gasteiger partial charge >= 0.3 is 0 Å². The van der Waals surface area contributed by atoms with Gasteiger partial charge in [0.2, 0.25) is 0 Å². The summed E-state index contributed by atoms with van der Waals surface area (Å²) in [5.74, 6) is 1.09. The Labute approximate surface area is 104 Å². The molecule has 6 heteroatoms. The van der Waals surface area contributed by atoms with Crippen LogP contribution >= 0.6 is 0 Å². The van der Waals surface area contributed by atoms with E-state index in [2.05, 4.69) is 10.1 Å². The molecule has 0 N–H and O–H groups in total. The Hall–Kier alpha value is -2.11. The second kappa shape index (κ2) is 4.29. The Morgan fingerprint density at radius 2 is 2.17 bits per heavy atom. The molecular formula is C12H15N5O. The van der Waals surface area contributed by atoms with Gasteiger partial charge in [-0.2, -0.15) is 5.10 Å². The first-order valence-electron chi connectivity index (χ1n) is 5.98. The molecule has 2 aromatic heterocycles. The molecule has 0 spiro atoms. The quantitative estimate of drug-likeness (QED) is 0.770. The maximum absolute atomic E-state index is 11.9. The molecule has 2 aromatic rings. The van der Waals surface area contributed by atoms with E-state index in [1.807, 2.05) is 21.8 Å². The highest BCUT2D eigenvalue weighted by Gasteiger charge is 2.29. The molecule has 1 aliphatic heterocycles. The summed E-state index contributed by atoms with van der Waals surface area (Å²) in [4.78, 5) is 18.1. The lowest BCUT2D eigenvalue weighted by Crippen LogP contribution is -2.51. The van der Waals surface area contributed by atoms with E-state index in [-0.39, 0.29) is 5.56 Å². The zero-order valence-electron chi connectivity index (χ0n) is 10.2. The van der Waals surface area contributed by atoms with Crippen molar-refractivity contribution < 1.29 is 0 Å². The molecule has 0 saturated carbocycles.